The van der Waals surface area contributed by atoms with Crippen LogP contribution in [0.1, 0.15) is 34.5 Å². The zero-order chi connectivity index (χ0) is 24.0. The summed E-state index contributed by atoms with van der Waals surface area (Å²) in [4.78, 5) is 4.97. The van der Waals surface area contributed by atoms with Crippen LogP contribution in [-0.2, 0) is 49.4 Å². The van der Waals surface area contributed by atoms with Crippen molar-refractivity contribution >= 4 is 16.1 Å². The Morgan fingerprint density at radius 3 is 2.81 bits per heavy atom. The van der Waals surface area contributed by atoms with E-state index in [2.05, 4.69) is 36.2 Å². The first-order chi connectivity index (χ1) is 15.1. The Morgan fingerprint density at radius 1 is 1.39 bits per heavy atom. The van der Waals surface area contributed by atoms with Gasteiger partial charge in [-0.15, -0.1) is 0 Å². The first-order valence-corrected chi connectivity index (χ1v) is 15.7. The molecule has 4 unspecified atom stereocenters. The van der Waals surface area contributed by atoms with E-state index in [0.29, 0.717) is 6.54 Å². The zero-order valence-corrected chi connectivity index (χ0v) is 22.1. The van der Waals surface area contributed by atoms with E-state index in [-0.39, 0.29) is 38.8 Å². The molecule has 4 atom stereocenters. The molecule has 13 heteroatoms. The van der Waals surface area contributed by atoms with E-state index in [9.17, 15) is 4.57 Å². The van der Waals surface area contributed by atoms with Gasteiger partial charge in [0.1, 0.15) is 0 Å². The fraction of sp³-hybridized carbons (Fsp3) is 0.944. The molecule has 0 spiro atoms. The van der Waals surface area contributed by atoms with E-state index in [1.165, 1.54) is 0 Å². The number of phosphoric ester groups is 1. The average molecular weight is 519 g/mol. The van der Waals surface area contributed by atoms with Crippen molar-refractivity contribution in [2.45, 2.75) is 70.6 Å². The molecular formula is C18H36N3O7PSiV. The first-order valence-electron chi connectivity index (χ1n) is 11.1. The number of nitriles is 1. The molecule has 179 valence electrons. The summed E-state index contributed by atoms with van der Waals surface area (Å²) >= 11 is 1.92. The molecule has 0 saturated carbocycles. The fourth-order valence-corrected chi connectivity index (χ4v) is 6.94. The maximum absolute atomic E-state index is 13.1. The summed E-state index contributed by atoms with van der Waals surface area (Å²) in [6, 6.07) is 2.97. The molecule has 0 aromatic heterocycles. The topological polar surface area (TPSA) is 121 Å². The van der Waals surface area contributed by atoms with E-state index in [0.717, 1.165) is 19.0 Å². The van der Waals surface area contributed by atoms with Crippen LogP contribution in [-0.4, -0.2) is 66.1 Å². The number of hydrogen-bond acceptors (Lipinski definition) is 10. The summed E-state index contributed by atoms with van der Waals surface area (Å²) < 4.78 is 52.2. The van der Waals surface area contributed by atoms with Crippen molar-refractivity contribution in [3.63, 3.8) is 0 Å². The van der Waals surface area contributed by atoms with Crippen molar-refractivity contribution in [2.75, 3.05) is 39.5 Å². The van der Waals surface area contributed by atoms with E-state index >= 15 is 0 Å². The third-order valence-corrected chi connectivity index (χ3v) is 8.63. The summed E-state index contributed by atoms with van der Waals surface area (Å²) in [5.41, 5.74) is 0. The molecule has 1 N–H and O–H groups in total. The second kappa shape index (κ2) is 15.8. The number of nitrogens with one attached hydrogen (secondary N) is 1. The predicted molar refractivity (Wildman–Crippen MR) is 113 cm³/mol. The van der Waals surface area contributed by atoms with Crippen molar-refractivity contribution in [1.29, 1.82) is 5.26 Å². The Hall–Kier alpha value is 0.0413. The van der Waals surface area contributed by atoms with Gasteiger partial charge in [-0.05, 0) is 39.4 Å². The van der Waals surface area contributed by atoms with E-state index in [4.69, 9.17) is 34.2 Å². The van der Waals surface area contributed by atoms with Gasteiger partial charge in [-0.25, -0.2) is 0 Å². The van der Waals surface area contributed by atoms with Gasteiger partial charge in [0.25, 0.3) is 0 Å². The standard InChI is InChI=1S/C18H36N3O7PSi.V/c1-16(2)28-30(3,4)14-6-9-21-10-13-26-29(22,25-11-5-8-19)27-17-7-12-23-18(17)15-24-20;/h16-18,21H,5-7,9-15H2,1-4H3;/i12T;. The van der Waals surface area contributed by atoms with Crippen molar-refractivity contribution in [1.82, 2.24) is 5.32 Å². The molecular weight excluding hydrogens is 480 g/mol. The molecule has 31 heavy (non-hydrogen) atoms. The van der Waals surface area contributed by atoms with E-state index < -0.39 is 34.9 Å². The number of ether oxygens (including phenoxy) is 1. The van der Waals surface area contributed by atoms with Crippen LogP contribution in [0.25, 0.3) is 0 Å². The maximum atomic E-state index is 13.1. The van der Waals surface area contributed by atoms with Gasteiger partial charge in [0.2, 0.25) is 0 Å². The Morgan fingerprint density at radius 2 is 2.13 bits per heavy atom. The Balaban J connectivity index is 2.47. The number of rotatable bonds is 18. The van der Waals surface area contributed by atoms with Crippen LogP contribution in [0.3, 0.4) is 0 Å². The van der Waals surface area contributed by atoms with Crippen LogP contribution in [0, 0.1) is 11.3 Å². The van der Waals surface area contributed by atoms with Gasteiger partial charge in [0.15, 0.2) is 8.32 Å². The van der Waals surface area contributed by atoms with Crippen LogP contribution in [0.2, 0.25) is 19.1 Å². The summed E-state index contributed by atoms with van der Waals surface area (Å²) in [7, 11) is -5.60. The third kappa shape index (κ3) is 13.4. The van der Waals surface area contributed by atoms with Crippen molar-refractivity contribution in [3.8, 4) is 6.07 Å². The minimum absolute atomic E-state index is 0.0501. The van der Waals surface area contributed by atoms with E-state index in [1.807, 2.05) is 23.3 Å². The van der Waals surface area contributed by atoms with Gasteiger partial charge >= 0.3 is 139 Å². The molecule has 10 nitrogen and oxygen atoms in total. The van der Waals surface area contributed by atoms with Crippen LogP contribution < -0.4 is 5.32 Å². The average Bonchev–Trinajstić information content (AvgIpc) is 3.03. The van der Waals surface area contributed by atoms with Crippen LogP contribution in [0.15, 0.2) is 3.95 Å². The zero-order valence-electron chi connectivity index (χ0n) is 19.8. The third-order valence-electron chi connectivity index (χ3n) is 4.25. The molecule has 0 aromatic rings. The second-order valence-electron chi connectivity index (χ2n) is 7.90. The summed E-state index contributed by atoms with van der Waals surface area (Å²) in [6.45, 7) is 9.02. The van der Waals surface area contributed by atoms with Crippen LogP contribution in [0.4, 0.5) is 0 Å². The number of nitrogens with zero attached hydrogens (tertiary/aromatic N) is 2. The quantitative estimate of drug-likeness (QED) is 0.126. The SMILES string of the molecule is [3H]C1CC(OP(=O)(OCCC#N)OCCNCCC[Si](C)(C)OC(C)C)C(CO[N]=[V])O1. The molecule has 0 aliphatic carbocycles. The summed E-state index contributed by atoms with van der Waals surface area (Å²) in [5, 5.41) is 12.0. The Bertz CT molecular complexity index is 644. The summed E-state index contributed by atoms with van der Waals surface area (Å²) in [5.74, 6) is 0. The molecule has 0 radical (unpaired) electrons. The molecule has 1 fully saturated rings. The molecule has 0 amide bonds. The Kier molecular flexibility index (Phi) is 13.9. The van der Waals surface area contributed by atoms with Gasteiger partial charge < -0.3 is 4.43 Å². The van der Waals surface area contributed by atoms with Gasteiger partial charge in [-0.2, -0.15) is 0 Å². The fourth-order valence-electron chi connectivity index (χ4n) is 3.04. The number of phosphoric acid groups is 1. The van der Waals surface area contributed by atoms with Gasteiger partial charge in [0.05, 0.1) is 0 Å². The molecule has 1 rings (SSSR count). The molecule has 1 aliphatic heterocycles. The van der Waals surface area contributed by atoms with Crippen molar-refractivity contribution in [2.24, 2.45) is 3.95 Å². The van der Waals surface area contributed by atoms with E-state index in [1.54, 1.807) is 0 Å². The molecule has 1 saturated heterocycles. The molecule has 1 heterocycles. The Labute approximate surface area is 197 Å². The number of hydrogen-bond donors (Lipinski definition) is 1. The molecule has 0 aromatic carbocycles. The predicted octanol–water partition coefficient (Wildman–Crippen LogP) is 3.49. The minimum atomic E-state index is -3.95. The van der Waals surface area contributed by atoms with Crippen molar-refractivity contribution in [3.05, 3.63) is 0 Å². The summed E-state index contributed by atoms with van der Waals surface area (Å²) in [6.07, 6.45) is 0.130. The van der Waals surface area contributed by atoms with Crippen LogP contribution in [0.5, 0.6) is 0 Å². The van der Waals surface area contributed by atoms with Gasteiger partial charge in [-0.1, -0.05) is 0 Å². The second-order valence-corrected chi connectivity index (χ2v) is 14.0. The molecule has 1 aliphatic rings. The molecule has 0 bridgehead atoms. The normalized spacial score (nSPS) is 24.0. The van der Waals surface area contributed by atoms with Crippen molar-refractivity contribution < 1.29 is 50.7 Å². The van der Waals surface area contributed by atoms with Gasteiger partial charge in [-0.3, -0.25) is 0 Å². The first kappa shape index (κ1) is 27.3. The van der Waals surface area contributed by atoms with Gasteiger partial charge in [0, 0.05) is 6.10 Å². The van der Waals surface area contributed by atoms with Crippen LogP contribution >= 0.6 is 7.82 Å². The monoisotopic (exact) mass is 518 g/mol.